The summed E-state index contributed by atoms with van der Waals surface area (Å²) < 4.78 is 4.56. The number of hydrogen-bond donors (Lipinski definition) is 0. The highest BCUT2D eigenvalue weighted by atomic mass is 16.5. The molecule has 0 amide bonds. The molecule has 2 aliphatic carbocycles. The summed E-state index contributed by atoms with van der Waals surface area (Å²) >= 11 is 0. The van der Waals surface area contributed by atoms with Gasteiger partial charge in [0.25, 0.3) is 0 Å². The van der Waals surface area contributed by atoms with Crippen molar-refractivity contribution in [2.75, 3.05) is 0 Å². The van der Waals surface area contributed by atoms with Crippen LogP contribution in [0.15, 0.2) is 12.8 Å². The molecule has 0 aromatic rings. The molecule has 0 bridgehead atoms. The quantitative estimate of drug-likeness (QED) is 0.401. The van der Waals surface area contributed by atoms with Crippen molar-refractivity contribution in [1.29, 1.82) is 0 Å². The Morgan fingerprint density at radius 3 is 2.12 bits per heavy atom. The van der Waals surface area contributed by atoms with E-state index in [0.29, 0.717) is 0 Å². The molecular weight excluding hydrogens is 208 g/mol. The molecular formula is C12H14O4. The second-order valence-corrected chi connectivity index (χ2v) is 4.34. The Labute approximate surface area is 93.7 Å². The van der Waals surface area contributed by atoms with Crippen LogP contribution in [0.3, 0.4) is 0 Å². The number of esters is 1. The van der Waals surface area contributed by atoms with Crippen LogP contribution < -0.4 is 0 Å². The lowest BCUT2D eigenvalue weighted by molar-refractivity contribution is -0.149. The first-order valence-electron chi connectivity index (χ1n) is 5.55. The van der Waals surface area contributed by atoms with E-state index in [-0.39, 0.29) is 23.4 Å². The van der Waals surface area contributed by atoms with Gasteiger partial charge in [-0.1, -0.05) is 19.4 Å². The lowest BCUT2D eigenvalue weighted by atomic mass is 9.81. The van der Waals surface area contributed by atoms with Crippen LogP contribution in [0.1, 0.15) is 25.7 Å². The summed E-state index contributed by atoms with van der Waals surface area (Å²) in [6.45, 7) is 3.25. The van der Waals surface area contributed by atoms with E-state index in [1.807, 2.05) is 0 Å². The molecule has 2 rings (SSSR count). The maximum absolute atomic E-state index is 11.9. The van der Waals surface area contributed by atoms with E-state index in [1.54, 1.807) is 0 Å². The Hall–Kier alpha value is -1.45. The molecule has 2 atom stereocenters. The molecule has 0 radical (unpaired) electrons. The molecule has 0 aromatic carbocycles. The molecule has 0 heterocycles. The van der Waals surface area contributed by atoms with Gasteiger partial charge in [0.05, 0.1) is 6.26 Å². The maximum Gasteiger partial charge on any atom is 0.328 e. The van der Waals surface area contributed by atoms with Crippen molar-refractivity contribution >= 4 is 17.5 Å². The molecule has 2 unspecified atom stereocenters. The summed E-state index contributed by atoms with van der Waals surface area (Å²) in [5.41, 5.74) is 0. The Morgan fingerprint density at radius 1 is 1.19 bits per heavy atom. The predicted octanol–water partition coefficient (Wildman–Crippen LogP) is 1.25. The van der Waals surface area contributed by atoms with Gasteiger partial charge in [-0.15, -0.1) is 0 Å². The predicted molar refractivity (Wildman–Crippen MR) is 55.2 cm³/mol. The summed E-state index contributed by atoms with van der Waals surface area (Å²) in [6, 6.07) is 0. The second kappa shape index (κ2) is 4.20. The van der Waals surface area contributed by atoms with Crippen molar-refractivity contribution in [2.45, 2.75) is 25.7 Å². The van der Waals surface area contributed by atoms with Crippen LogP contribution in [0.5, 0.6) is 0 Å². The van der Waals surface area contributed by atoms with Crippen molar-refractivity contribution in [3.8, 4) is 0 Å². The van der Waals surface area contributed by atoms with Gasteiger partial charge < -0.3 is 4.74 Å². The molecule has 16 heavy (non-hydrogen) atoms. The molecule has 4 heteroatoms. The Kier molecular flexibility index (Phi) is 2.90. The lowest BCUT2D eigenvalue weighted by Gasteiger charge is -2.21. The van der Waals surface area contributed by atoms with E-state index >= 15 is 0 Å². The molecule has 4 nitrogen and oxygen atoms in total. The Morgan fingerprint density at radius 2 is 1.69 bits per heavy atom. The summed E-state index contributed by atoms with van der Waals surface area (Å²) in [4.78, 5) is 35.3. The van der Waals surface area contributed by atoms with Crippen molar-refractivity contribution in [1.82, 2.24) is 0 Å². The van der Waals surface area contributed by atoms with Gasteiger partial charge in [0.1, 0.15) is 0 Å². The third-order valence-corrected chi connectivity index (χ3v) is 3.50. The van der Waals surface area contributed by atoms with Gasteiger partial charge in [0, 0.05) is 11.8 Å². The number of carbonyl (C=O) groups is 3. The normalized spacial score (nSPS) is 33.4. The fourth-order valence-electron chi connectivity index (χ4n) is 2.76. The van der Waals surface area contributed by atoms with Crippen molar-refractivity contribution < 1.29 is 19.1 Å². The van der Waals surface area contributed by atoms with Gasteiger partial charge in [-0.2, -0.15) is 0 Å². The zero-order valence-corrected chi connectivity index (χ0v) is 8.98. The maximum atomic E-state index is 11.9. The molecule has 2 aliphatic rings. The van der Waals surface area contributed by atoms with Gasteiger partial charge >= 0.3 is 5.97 Å². The minimum atomic E-state index is -1.19. The first-order valence-corrected chi connectivity index (χ1v) is 5.55. The minimum absolute atomic E-state index is 0.247. The highest BCUT2D eigenvalue weighted by Crippen LogP contribution is 2.40. The highest BCUT2D eigenvalue weighted by molar-refractivity contribution is 6.23. The minimum Gasteiger partial charge on any atom is -0.434 e. The van der Waals surface area contributed by atoms with Gasteiger partial charge in [0.2, 0.25) is 0 Å². The highest BCUT2D eigenvalue weighted by Gasteiger charge is 2.53. The van der Waals surface area contributed by atoms with Crippen molar-refractivity contribution in [3.05, 3.63) is 12.8 Å². The monoisotopic (exact) mass is 222 g/mol. The standard InChI is InChI=1S/C12H14O4/c1-2-16-12(15)9-10(13)7-5-3-4-6-8(7)11(9)14/h2,7-9H,1,3-6H2. The summed E-state index contributed by atoms with van der Waals surface area (Å²) in [6.07, 6.45) is 4.35. The Balaban J connectivity index is 2.21. The van der Waals surface area contributed by atoms with Crippen LogP contribution in [-0.2, 0) is 19.1 Å². The summed E-state index contributed by atoms with van der Waals surface area (Å²) in [5, 5.41) is 0. The second-order valence-electron chi connectivity index (χ2n) is 4.34. The number of carbonyl (C=O) groups excluding carboxylic acids is 3. The average molecular weight is 222 g/mol. The number of ketones is 2. The van der Waals surface area contributed by atoms with E-state index in [4.69, 9.17) is 0 Å². The summed E-state index contributed by atoms with van der Waals surface area (Å²) in [7, 11) is 0. The number of Topliss-reactive ketones (excluding diaryl/α,β-unsaturated/α-hetero) is 2. The smallest absolute Gasteiger partial charge is 0.328 e. The van der Waals surface area contributed by atoms with E-state index in [0.717, 1.165) is 31.9 Å². The molecule has 0 spiro atoms. The first kappa shape index (κ1) is 11.0. The lowest BCUT2D eigenvalue weighted by Crippen LogP contribution is -2.27. The first-order chi connectivity index (χ1) is 7.66. The van der Waals surface area contributed by atoms with Crippen molar-refractivity contribution in [2.24, 2.45) is 17.8 Å². The molecule has 0 saturated heterocycles. The molecule has 86 valence electrons. The van der Waals surface area contributed by atoms with Crippen molar-refractivity contribution in [3.63, 3.8) is 0 Å². The van der Waals surface area contributed by atoms with Gasteiger partial charge in [-0.05, 0) is 12.8 Å². The number of rotatable bonds is 2. The van der Waals surface area contributed by atoms with E-state index < -0.39 is 11.9 Å². The number of fused-ring (bicyclic) bond motifs is 1. The summed E-state index contributed by atoms with van der Waals surface area (Å²) in [5.74, 6) is -2.94. The Bertz CT molecular complexity index is 334. The zero-order chi connectivity index (χ0) is 11.7. The molecule has 0 aliphatic heterocycles. The largest absolute Gasteiger partial charge is 0.434 e. The van der Waals surface area contributed by atoms with Crippen LogP contribution in [0.4, 0.5) is 0 Å². The number of ether oxygens (including phenoxy) is 1. The van der Waals surface area contributed by atoms with Crippen LogP contribution in [0.25, 0.3) is 0 Å². The average Bonchev–Trinajstić information content (AvgIpc) is 2.53. The van der Waals surface area contributed by atoms with Crippen LogP contribution >= 0.6 is 0 Å². The topological polar surface area (TPSA) is 60.4 Å². The molecule has 2 fully saturated rings. The van der Waals surface area contributed by atoms with E-state index in [1.165, 1.54) is 0 Å². The molecule has 2 saturated carbocycles. The fourth-order valence-corrected chi connectivity index (χ4v) is 2.76. The van der Waals surface area contributed by atoms with Gasteiger partial charge in [0.15, 0.2) is 17.5 Å². The van der Waals surface area contributed by atoms with Crippen LogP contribution in [-0.4, -0.2) is 17.5 Å². The van der Waals surface area contributed by atoms with Crippen LogP contribution in [0, 0.1) is 17.8 Å². The zero-order valence-electron chi connectivity index (χ0n) is 8.98. The third kappa shape index (κ3) is 1.58. The SMILES string of the molecule is C=COC(=O)C1C(=O)C2CCCCC2C1=O. The van der Waals surface area contributed by atoms with E-state index in [9.17, 15) is 14.4 Å². The molecule has 0 aromatic heterocycles. The van der Waals surface area contributed by atoms with E-state index in [2.05, 4.69) is 11.3 Å². The third-order valence-electron chi connectivity index (χ3n) is 3.50. The number of hydrogen-bond acceptors (Lipinski definition) is 4. The molecule has 0 N–H and O–H groups in total. The van der Waals surface area contributed by atoms with Gasteiger partial charge in [-0.25, -0.2) is 0 Å². The fraction of sp³-hybridized carbons (Fsp3) is 0.583. The van der Waals surface area contributed by atoms with Crippen LogP contribution in [0.2, 0.25) is 0 Å². The van der Waals surface area contributed by atoms with Gasteiger partial charge in [-0.3, -0.25) is 14.4 Å².